The molecule has 0 radical (unpaired) electrons. The lowest BCUT2D eigenvalue weighted by atomic mass is 9.81. The smallest absolute Gasteiger partial charge is 0.322 e. The van der Waals surface area contributed by atoms with Crippen molar-refractivity contribution in [1.29, 1.82) is 0 Å². The Morgan fingerprint density at radius 2 is 1.71 bits per heavy atom. The van der Waals surface area contributed by atoms with Gasteiger partial charge in [-0.2, -0.15) is 13.2 Å². The van der Waals surface area contributed by atoms with E-state index < -0.39 is 28.6 Å². The van der Waals surface area contributed by atoms with Gasteiger partial charge in [0.25, 0.3) is 5.91 Å². The van der Waals surface area contributed by atoms with Crippen LogP contribution < -0.4 is 10.2 Å². The summed E-state index contributed by atoms with van der Waals surface area (Å²) < 4.78 is 41.8. The number of halogens is 3. The molecule has 0 saturated carbocycles. The number of benzene rings is 3. The van der Waals surface area contributed by atoms with Crippen LogP contribution in [0.5, 0.6) is 0 Å². The Morgan fingerprint density at radius 1 is 0.974 bits per heavy atom. The molecule has 0 aliphatic carbocycles. The van der Waals surface area contributed by atoms with Crippen LogP contribution in [0, 0.1) is 6.92 Å². The van der Waals surface area contributed by atoms with Crippen LogP contribution in [0.1, 0.15) is 40.9 Å². The van der Waals surface area contributed by atoms with Gasteiger partial charge in [0.2, 0.25) is 5.91 Å². The number of nitrogens with zero attached hydrogens (tertiary/aromatic N) is 2. The quantitative estimate of drug-likeness (QED) is 0.311. The predicted octanol–water partition coefficient (Wildman–Crippen LogP) is 7.28. The minimum atomic E-state index is -4.73. The highest BCUT2D eigenvalue weighted by molar-refractivity contribution is 6.14. The lowest BCUT2D eigenvalue weighted by Crippen LogP contribution is -2.33. The standard InChI is InChI=1S/C30H24F3N3O2/c1-18-9-12-20(13-10-18)35-27(37)23-16-19(11-14-24(23)30(31,32)33)22-7-4-8-25-26(22)29(2,3)28(38)36(25)21-6-5-15-34-17-21/h4-17H,1-3H3,(H,35,37). The van der Waals surface area contributed by atoms with Crippen LogP contribution in [0.15, 0.2) is 85.2 Å². The molecule has 4 aromatic rings. The third kappa shape index (κ3) is 4.32. The number of hydrogen-bond donors (Lipinski definition) is 1. The van der Waals surface area contributed by atoms with Crippen molar-refractivity contribution in [3.8, 4) is 11.1 Å². The minimum absolute atomic E-state index is 0.183. The second kappa shape index (κ2) is 9.13. The Bertz CT molecular complexity index is 1550. The zero-order valence-electron chi connectivity index (χ0n) is 20.9. The summed E-state index contributed by atoms with van der Waals surface area (Å²) in [6.07, 6.45) is -1.54. The van der Waals surface area contributed by atoms with Gasteiger partial charge in [0.15, 0.2) is 0 Å². The van der Waals surface area contributed by atoms with Gasteiger partial charge in [-0.15, -0.1) is 0 Å². The topological polar surface area (TPSA) is 62.3 Å². The number of aryl methyl sites for hydroxylation is 1. The molecule has 192 valence electrons. The maximum absolute atomic E-state index is 13.9. The molecule has 0 saturated heterocycles. The van der Waals surface area contributed by atoms with E-state index in [-0.39, 0.29) is 5.91 Å². The first-order chi connectivity index (χ1) is 18.0. The second-order valence-corrected chi connectivity index (χ2v) is 9.75. The molecule has 0 fully saturated rings. The first-order valence-corrected chi connectivity index (χ1v) is 12.0. The maximum atomic E-state index is 13.9. The number of aromatic nitrogens is 1. The highest BCUT2D eigenvalue weighted by atomic mass is 19.4. The normalized spacial score (nSPS) is 14.4. The van der Waals surface area contributed by atoms with Gasteiger partial charge in [0.1, 0.15) is 0 Å². The summed E-state index contributed by atoms with van der Waals surface area (Å²) in [6.45, 7) is 5.43. The maximum Gasteiger partial charge on any atom is 0.417 e. The third-order valence-corrected chi connectivity index (χ3v) is 6.74. The van der Waals surface area contributed by atoms with Crippen LogP contribution in [0.2, 0.25) is 0 Å². The van der Waals surface area contributed by atoms with E-state index in [1.54, 1.807) is 85.7 Å². The molecule has 1 aliphatic heterocycles. The molecule has 0 spiro atoms. The molecule has 0 unspecified atom stereocenters. The number of fused-ring (bicyclic) bond motifs is 1. The predicted molar refractivity (Wildman–Crippen MR) is 140 cm³/mol. The van der Waals surface area contributed by atoms with E-state index >= 15 is 0 Å². The molecular formula is C30H24F3N3O2. The van der Waals surface area contributed by atoms with Crippen molar-refractivity contribution in [2.24, 2.45) is 0 Å². The van der Waals surface area contributed by atoms with Crippen LogP contribution in [0.25, 0.3) is 11.1 Å². The highest BCUT2D eigenvalue weighted by Crippen LogP contribution is 2.49. The van der Waals surface area contributed by atoms with E-state index in [2.05, 4.69) is 10.3 Å². The fourth-order valence-corrected chi connectivity index (χ4v) is 4.84. The van der Waals surface area contributed by atoms with E-state index in [9.17, 15) is 22.8 Å². The average molecular weight is 516 g/mol. The SMILES string of the molecule is Cc1ccc(NC(=O)c2cc(-c3cccc4c3C(C)(C)C(=O)N4c3cccnc3)ccc2C(F)(F)F)cc1. The molecular weight excluding hydrogens is 491 g/mol. The molecule has 0 atom stereocenters. The Balaban J connectivity index is 1.64. The van der Waals surface area contributed by atoms with Crippen molar-refractivity contribution in [2.45, 2.75) is 32.4 Å². The monoisotopic (exact) mass is 515 g/mol. The zero-order chi connectivity index (χ0) is 27.2. The molecule has 3 aromatic carbocycles. The number of hydrogen-bond acceptors (Lipinski definition) is 3. The molecule has 5 rings (SSSR count). The van der Waals surface area contributed by atoms with Gasteiger partial charge in [-0.1, -0.05) is 35.9 Å². The van der Waals surface area contributed by atoms with Gasteiger partial charge in [-0.05, 0) is 79.9 Å². The van der Waals surface area contributed by atoms with Crippen molar-refractivity contribution in [1.82, 2.24) is 4.98 Å². The lowest BCUT2D eigenvalue weighted by Gasteiger charge is -2.21. The van der Waals surface area contributed by atoms with Gasteiger partial charge < -0.3 is 5.32 Å². The van der Waals surface area contributed by atoms with E-state index in [0.29, 0.717) is 33.8 Å². The molecule has 8 heteroatoms. The molecule has 2 heterocycles. The van der Waals surface area contributed by atoms with Crippen LogP contribution in [0.3, 0.4) is 0 Å². The van der Waals surface area contributed by atoms with Gasteiger partial charge in [0.05, 0.1) is 34.1 Å². The molecule has 1 N–H and O–H groups in total. The van der Waals surface area contributed by atoms with Crippen LogP contribution in [-0.2, 0) is 16.4 Å². The fraction of sp³-hybridized carbons (Fsp3) is 0.167. The van der Waals surface area contributed by atoms with E-state index in [0.717, 1.165) is 11.6 Å². The summed E-state index contributed by atoms with van der Waals surface area (Å²) in [5.74, 6) is -1.06. The van der Waals surface area contributed by atoms with Gasteiger partial charge in [-0.3, -0.25) is 19.5 Å². The largest absolute Gasteiger partial charge is 0.417 e. The first-order valence-electron chi connectivity index (χ1n) is 12.0. The summed E-state index contributed by atoms with van der Waals surface area (Å²) in [7, 11) is 0. The number of pyridine rings is 1. The van der Waals surface area contributed by atoms with E-state index in [1.807, 2.05) is 6.92 Å². The van der Waals surface area contributed by atoms with Crippen molar-refractivity contribution in [3.05, 3.63) is 107 Å². The minimum Gasteiger partial charge on any atom is -0.322 e. The van der Waals surface area contributed by atoms with Crippen molar-refractivity contribution in [2.75, 3.05) is 10.2 Å². The molecule has 1 aliphatic rings. The Hall–Kier alpha value is -4.46. The van der Waals surface area contributed by atoms with Crippen LogP contribution in [-0.4, -0.2) is 16.8 Å². The Labute approximate surface area is 218 Å². The molecule has 38 heavy (non-hydrogen) atoms. The van der Waals surface area contributed by atoms with Crippen molar-refractivity contribution in [3.63, 3.8) is 0 Å². The summed E-state index contributed by atoms with van der Waals surface area (Å²) in [4.78, 5) is 32.4. The molecule has 2 amide bonds. The Kier molecular flexibility index (Phi) is 6.06. The van der Waals surface area contributed by atoms with Gasteiger partial charge >= 0.3 is 6.18 Å². The molecule has 5 nitrogen and oxygen atoms in total. The van der Waals surface area contributed by atoms with Crippen LogP contribution in [0.4, 0.5) is 30.2 Å². The lowest BCUT2D eigenvalue weighted by molar-refractivity contribution is -0.137. The molecule has 1 aromatic heterocycles. The second-order valence-electron chi connectivity index (χ2n) is 9.75. The number of amides is 2. The summed E-state index contributed by atoms with van der Waals surface area (Å²) >= 11 is 0. The number of anilines is 3. The van der Waals surface area contributed by atoms with Gasteiger partial charge in [0, 0.05) is 11.9 Å². The molecule has 0 bridgehead atoms. The zero-order valence-corrected chi connectivity index (χ0v) is 20.9. The fourth-order valence-electron chi connectivity index (χ4n) is 4.84. The number of nitrogens with one attached hydrogen (secondary N) is 1. The highest BCUT2D eigenvalue weighted by Gasteiger charge is 2.46. The number of carbonyl (C=O) groups is 2. The van der Waals surface area contributed by atoms with Crippen LogP contribution >= 0.6 is 0 Å². The van der Waals surface area contributed by atoms with E-state index in [1.165, 1.54) is 12.1 Å². The average Bonchev–Trinajstić information content (AvgIpc) is 3.10. The van der Waals surface area contributed by atoms with Crippen molar-refractivity contribution >= 4 is 28.9 Å². The summed E-state index contributed by atoms with van der Waals surface area (Å²) in [6, 6.07) is 19.1. The number of alkyl halides is 3. The van der Waals surface area contributed by atoms with E-state index in [4.69, 9.17) is 0 Å². The van der Waals surface area contributed by atoms with Gasteiger partial charge in [-0.25, -0.2) is 0 Å². The third-order valence-electron chi connectivity index (χ3n) is 6.74. The summed E-state index contributed by atoms with van der Waals surface area (Å²) in [5.41, 5.74) is 1.68. The summed E-state index contributed by atoms with van der Waals surface area (Å²) in [5, 5.41) is 2.57. The first kappa shape index (κ1) is 25.2. The number of carbonyl (C=O) groups excluding carboxylic acids is 2. The number of rotatable bonds is 4. The van der Waals surface area contributed by atoms with Crippen molar-refractivity contribution < 1.29 is 22.8 Å². The Morgan fingerprint density at radius 3 is 2.37 bits per heavy atom.